The lowest BCUT2D eigenvalue weighted by molar-refractivity contribution is -0.149. The Bertz CT molecular complexity index is 984. The third-order valence-corrected chi connectivity index (χ3v) is 12.8. The molecule has 0 saturated heterocycles. The van der Waals surface area contributed by atoms with E-state index in [1.54, 1.807) is 18.2 Å². The van der Waals surface area contributed by atoms with Gasteiger partial charge in [-0.1, -0.05) is 192 Å². The van der Waals surface area contributed by atoms with E-state index in [4.69, 9.17) is 14.0 Å². The van der Waals surface area contributed by atoms with Gasteiger partial charge in [0.05, 0.1) is 17.6 Å². The molecule has 1 unspecified atom stereocenters. The van der Waals surface area contributed by atoms with Crippen molar-refractivity contribution in [2.45, 2.75) is 270 Å². The maximum Gasteiger partial charge on any atom is 0.306 e. The molecule has 1 heterocycles. The first-order chi connectivity index (χ1) is 30.0. The third kappa shape index (κ3) is 43.6. The van der Waals surface area contributed by atoms with Gasteiger partial charge in [-0.05, 0) is 83.8 Å². The summed E-state index contributed by atoms with van der Waals surface area (Å²) in [5.74, 6) is 0.818. The van der Waals surface area contributed by atoms with E-state index in [1.807, 2.05) is 13.2 Å². The van der Waals surface area contributed by atoms with Crippen LogP contribution in [0.5, 0.6) is 0 Å². The molecule has 1 atom stereocenters. The Kier molecular flexibility index (Phi) is 48.4. The predicted octanol–water partition coefficient (Wildman–Crippen LogP) is 15.6. The minimum absolute atomic E-state index is 0.00188. The summed E-state index contributed by atoms with van der Waals surface area (Å²) in [5.41, 5.74) is 0.966. The number of hydrogen-bond acceptors (Lipinski definition) is 9. The fraction of sp³-hybridized carbons (Fsp3) is 0.904. The van der Waals surface area contributed by atoms with Gasteiger partial charge < -0.3 is 23.7 Å². The highest BCUT2D eigenvalue weighted by atomic mass is 32.2. The van der Waals surface area contributed by atoms with E-state index < -0.39 is 0 Å². The molecule has 0 radical (unpaired) electrons. The van der Waals surface area contributed by atoms with Crippen LogP contribution in [-0.2, 0) is 24.8 Å². The Balaban J connectivity index is 0.00000158. The van der Waals surface area contributed by atoms with E-state index in [2.05, 4.69) is 42.5 Å². The van der Waals surface area contributed by atoms with Gasteiger partial charge in [-0.2, -0.15) is 0 Å². The largest absolute Gasteiger partial charge is 0.462 e. The number of methoxy groups -OCH3 is 1. The molecule has 1 rings (SSSR count). The molecule has 0 fully saturated rings. The molecular formula is C52H101N3O5S. The zero-order valence-electron chi connectivity index (χ0n) is 41.0. The molecule has 0 aliphatic carbocycles. The van der Waals surface area contributed by atoms with Crippen molar-refractivity contribution in [3.8, 4) is 0 Å². The van der Waals surface area contributed by atoms with E-state index in [0.717, 1.165) is 88.9 Å². The molecule has 1 aromatic heterocycles. The van der Waals surface area contributed by atoms with Gasteiger partial charge in [-0.15, -0.1) is 0 Å². The van der Waals surface area contributed by atoms with Crippen LogP contribution in [-0.4, -0.2) is 67.8 Å². The number of carbonyl (C=O) groups is 2. The summed E-state index contributed by atoms with van der Waals surface area (Å²) in [5, 5.41) is 3.95. The number of hydrogen-bond donors (Lipinski definition) is 1. The molecule has 0 aromatic carbocycles. The molecule has 8 nitrogen and oxygen atoms in total. The SMILES string of the molecule is CCCCCCCCC(CC)OC(=O)CCCCCCCN(CCCCCCCC=O)CCCNSCc1ccon1.CCCCCCCCC(CCCCCCCC)OC. The number of nitrogens with zero attached hydrogens (tertiary/aromatic N) is 2. The van der Waals surface area contributed by atoms with Crippen molar-refractivity contribution in [3.05, 3.63) is 18.0 Å². The lowest BCUT2D eigenvalue weighted by Crippen LogP contribution is -2.29. The first-order valence-corrected chi connectivity index (χ1v) is 27.1. The van der Waals surface area contributed by atoms with E-state index in [-0.39, 0.29) is 12.1 Å². The van der Waals surface area contributed by atoms with Crippen molar-refractivity contribution in [2.24, 2.45) is 0 Å². The monoisotopic (exact) mass is 880 g/mol. The number of carbonyl (C=O) groups excluding carboxylic acids is 2. The zero-order chi connectivity index (χ0) is 44.5. The van der Waals surface area contributed by atoms with Crippen LogP contribution in [0.3, 0.4) is 0 Å². The second-order valence-electron chi connectivity index (χ2n) is 17.7. The minimum atomic E-state index is -0.00188. The first-order valence-electron chi connectivity index (χ1n) is 26.2. The standard InChI is InChI=1S/C34H63N3O4S.C18H38O/c1-3-5-6-7-11-16-22-33(4-2)41-34(39)23-17-12-10-14-19-27-37(26-18-13-8-9-15-20-29-38)28-21-25-35-42-31-32-24-30-40-36-32;1-4-6-8-10-12-14-16-18(19-3)17-15-13-11-9-7-5-2/h24,29-30,33,35H,3-23,25-28,31H2,1-2H3;18H,4-17H2,1-3H3. The lowest BCUT2D eigenvalue weighted by atomic mass is 10.0. The Morgan fingerprint density at radius 1 is 0.656 bits per heavy atom. The molecular weight excluding hydrogens is 779 g/mol. The van der Waals surface area contributed by atoms with Gasteiger partial charge in [0.25, 0.3) is 0 Å². The molecule has 360 valence electrons. The maximum absolute atomic E-state index is 12.3. The van der Waals surface area contributed by atoms with Gasteiger partial charge >= 0.3 is 5.97 Å². The van der Waals surface area contributed by atoms with E-state index in [1.165, 1.54) is 167 Å². The molecule has 0 aliphatic rings. The number of unbranched alkanes of at least 4 members (excludes halogenated alkanes) is 24. The van der Waals surface area contributed by atoms with Crippen molar-refractivity contribution < 1.29 is 23.6 Å². The normalized spacial score (nSPS) is 11.9. The maximum atomic E-state index is 12.3. The number of ether oxygens (including phenoxy) is 2. The van der Waals surface area contributed by atoms with E-state index in [0.29, 0.717) is 18.9 Å². The fourth-order valence-electron chi connectivity index (χ4n) is 7.88. The van der Waals surface area contributed by atoms with Crippen molar-refractivity contribution in [2.75, 3.05) is 33.3 Å². The van der Waals surface area contributed by atoms with Crippen LogP contribution in [0.25, 0.3) is 0 Å². The van der Waals surface area contributed by atoms with Crippen LogP contribution >= 0.6 is 11.9 Å². The Labute approximate surface area is 382 Å². The molecule has 0 aliphatic heterocycles. The topological polar surface area (TPSA) is 93.9 Å². The second-order valence-corrected chi connectivity index (χ2v) is 18.5. The van der Waals surface area contributed by atoms with Crippen LogP contribution in [0.15, 0.2) is 16.9 Å². The molecule has 1 N–H and O–H groups in total. The molecule has 1 aromatic rings. The quantitative estimate of drug-likeness (QED) is 0.0297. The van der Waals surface area contributed by atoms with Gasteiger partial charge in [-0.3, -0.25) is 9.52 Å². The first kappa shape index (κ1) is 59.6. The number of rotatable bonds is 47. The van der Waals surface area contributed by atoms with Crippen LogP contribution in [0.2, 0.25) is 0 Å². The Morgan fingerprint density at radius 2 is 1.13 bits per heavy atom. The van der Waals surface area contributed by atoms with Crippen molar-refractivity contribution in [1.29, 1.82) is 0 Å². The van der Waals surface area contributed by atoms with Crippen LogP contribution in [0.4, 0.5) is 0 Å². The summed E-state index contributed by atoms with van der Waals surface area (Å²) in [6.45, 7) is 13.3. The zero-order valence-corrected chi connectivity index (χ0v) is 41.8. The highest BCUT2D eigenvalue weighted by molar-refractivity contribution is 7.96. The molecule has 9 heteroatoms. The second kappa shape index (κ2) is 49.6. The average Bonchev–Trinajstić information content (AvgIpc) is 3.80. The highest BCUT2D eigenvalue weighted by Crippen LogP contribution is 2.17. The van der Waals surface area contributed by atoms with Crippen LogP contribution in [0, 0.1) is 0 Å². The van der Waals surface area contributed by atoms with Gasteiger partial charge in [0, 0.05) is 32.6 Å². The molecule has 0 amide bonds. The summed E-state index contributed by atoms with van der Waals surface area (Å²) in [6.07, 6.45) is 46.1. The van der Waals surface area contributed by atoms with Crippen molar-refractivity contribution in [1.82, 2.24) is 14.8 Å². The molecule has 61 heavy (non-hydrogen) atoms. The lowest BCUT2D eigenvalue weighted by Gasteiger charge is -2.22. The summed E-state index contributed by atoms with van der Waals surface area (Å²) in [4.78, 5) is 25.5. The summed E-state index contributed by atoms with van der Waals surface area (Å²) in [7, 11) is 1.89. The Morgan fingerprint density at radius 3 is 1.62 bits per heavy atom. The highest BCUT2D eigenvalue weighted by Gasteiger charge is 2.13. The average molecular weight is 880 g/mol. The smallest absolute Gasteiger partial charge is 0.306 e. The minimum Gasteiger partial charge on any atom is -0.462 e. The number of aldehydes is 1. The number of esters is 1. The van der Waals surface area contributed by atoms with Crippen LogP contribution < -0.4 is 4.72 Å². The van der Waals surface area contributed by atoms with Gasteiger partial charge in [0.1, 0.15) is 18.7 Å². The number of nitrogens with one attached hydrogen (secondary N) is 1. The van der Waals surface area contributed by atoms with Crippen molar-refractivity contribution >= 4 is 24.2 Å². The fourth-order valence-corrected chi connectivity index (χ4v) is 8.56. The van der Waals surface area contributed by atoms with E-state index in [9.17, 15) is 9.59 Å². The molecule has 0 spiro atoms. The van der Waals surface area contributed by atoms with E-state index >= 15 is 0 Å². The van der Waals surface area contributed by atoms with Crippen LogP contribution in [0.1, 0.15) is 258 Å². The summed E-state index contributed by atoms with van der Waals surface area (Å²) < 4.78 is 19.7. The predicted molar refractivity (Wildman–Crippen MR) is 263 cm³/mol. The Hall–Kier alpha value is -1.42. The van der Waals surface area contributed by atoms with Gasteiger partial charge in [0.15, 0.2) is 0 Å². The van der Waals surface area contributed by atoms with Gasteiger partial charge in [0.2, 0.25) is 0 Å². The summed E-state index contributed by atoms with van der Waals surface area (Å²) >= 11 is 1.69. The van der Waals surface area contributed by atoms with Gasteiger partial charge in [-0.25, -0.2) is 0 Å². The molecule has 0 bridgehead atoms. The summed E-state index contributed by atoms with van der Waals surface area (Å²) in [6, 6.07) is 1.90. The third-order valence-electron chi connectivity index (χ3n) is 11.9. The van der Waals surface area contributed by atoms with Crippen molar-refractivity contribution in [3.63, 3.8) is 0 Å². The molecule has 0 saturated carbocycles. The number of aromatic nitrogens is 1.